The van der Waals surface area contributed by atoms with Crippen LogP contribution in [0, 0.1) is 0 Å². The van der Waals surface area contributed by atoms with Gasteiger partial charge in [-0.3, -0.25) is 0 Å². The van der Waals surface area contributed by atoms with E-state index in [1.54, 1.807) is 11.4 Å². The van der Waals surface area contributed by atoms with Gasteiger partial charge in [0.15, 0.2) is 0 Å². The predicted molar refractivity (Wildman–Crippen MR) is 74.9 cm³/mol. The van der Waals surface area contributed by atoms with E-state index in [1.807, 2.05) is 30.3 Å². The minimum atomic E-state index is -3.40. The van der Waals surface area contributed by atoms with E-state index < -0.39 is 10.0 Å². The molecule has 0 radical (unpaired) electrons. The summed E-state index contributed by atoms with van der Waals surface area (Å²) in [5.74, 6) is 0. The van der Waals surface area contributed by atoms with E-state index in [2.05, 4.69) is 5.32 Å². The molecule has 2 rings (SSSR count). The fourth-order valence-electron chi connectivity index (χ4n) is 1.44. The second-order valence-corrected chi connectivity index (χ2v) is 6.93. The average Bonchev–Trinajstić information content (AvgIpc) is 2.79. The summed E-state index contributed by atoms with van der Waals surface area (Å²) in [6.07, 6.45) is 0. The van der Waals surface area contributed by atoms with E-state index in [4.69, 9.17) is 0 Å². The zero-order valence-electron chi connectivity index (χ0n) is 10.1. The first-order chi connectivity index (χ1) is 8.51. The van der Waals surface area contributed by atoms with Gasteiger partial charge in [0.2, 0.25) is 10.0 Å². The Morgan fingerprint density at radius 3 is 2.39 bits per heavy atom. The number of para-hydroxylation sites is 1. The largest absolute Gasteiger partial charge is 0.346 e. The van der Waals surface area contributed by atoms with Crippen molar-refractivity contribution in [2.45, 2.75) is 4.90 Å². The Labute approximate surface area is 111 Å². The topological polar surface area (TPSA) is 49.4 Å². The predicted octanol–water partition coefficient (Wildman–Crippen LogP) is 2.74. The lowest BCUT2D eigenvalue weighted by Crippen LogP contribution is -2.22. The van der Waals surface area contributed by atoms with Crippen LogP contribution in [-0.2, 0) is 10.0 Å². The molecule has 18 heavy (non-hydrogen) atoms. The van der Waals surface area contributed by atoms with Crippen molar-refractivity contribution in [2.24, 2.45) is 0 Å². The van der Waals surface area contributed by atoms with Gasteiger partial charge in [0.05, 0.1) is 0 Å². The van der Waals surface area contributed by atoms with E-state index in [1.165, 1.54) is 29.7 Å². The number of sulfonamides is 1. The maximum Gasteiger partial charge on any atom is 0.245 e. The first-order valence-corrected chi connectivity index (χ1v) is 7.66. The summed E-state index contributed by atoms with van der Waals surface area (Å²) in [6, 6.07) is 11.1. The Kier molecular flexibility index (Phi) is 3.70. The van der Waals surface area contributed by atoms with Crippen molar-refractivity contribution >= 4 is 32.0 Å². The van der Waals surface area contributed by atoms with E-state index in [0.717, 1.165) is 5.69 Å². The number of nitrogens with zero attached hydrogens (tertiary/aromatic N) is 1. The molecule has 0 fully saturated rings. The van der Waals surface area contributed by atoms with Gasteiger partial charge in [0, 0.05) is 19.8 Å². The zero-order valence-corrected chi connectivity index (χ0v) is 11.8. The molecule has 0 aliphatic heterocycles. The number of anilines is 2. The summed E-state index contributed by atoms with van der Waals surface area (Å²) >= 11 is 1.37. The lowest BCUT2D eigenvalue weighted by atomic mass is 10.3. The van der Waals surface area contributed by atoms with Gasteiger partial charge in [-0.15, -0.1) is 11.3 Å². The molecular weight excluding hydrogens is 268 g/mol. The molecule has 0 bridgehead atoms. The van der Waals surface area contributed by atoms with E-state index in [-0.39, 0.29) is 0 Å². The normalized spacial score (nSPS) is 11.7. The highest BCUT2D eigenvalue weighted by atomic mass is 32.2. The molecule has 0 amide bonds. The fraction of sp³-hybridized carbons (Fsp3) is 0.167. The number of rotatable bonds is 4. The third-order valence-corrected chi connectivity index (χ3v) is 5.24. The monoisotopic (exact) mass is 282 g/mol. The SMILES string of the molecule is CN(C)S(=O)(=O)c1ccsc1Nc1ccccc1. The zero-order chi connectivity index (χ0) is 13.2. The van der Waals surface area contributed by atoms with Crippen LogP contribution in [-0.4, -0.2) is 26.8 Å². The molecule has 0 atom stereocenters. The van der Waals surface area contributed by atoms with Crippen molar-refractivity contribution in [3.63, 3.8) is 0 Å². The molecule has 96 valence electrons. The van der Waals surface area contributed by atoms with Crippen LogP contribution < -0.4 is 5.32 Å². The van der Waals surface area contributed by atoms with Gasteiger partial charge >= 0.3 is 0 Å². The third kappa shape index (κ3) is 2.55. The summed E-state index contributed by atoms with van der Waals surface area (Å²) in [5, 5.41) is 5.53. The molecule has 2 aromatic rings. The Hall–Kier alpha value is -1.37. The highest BCUT2D eigenvalue weighted by Crippen LogP contribution is 2.31. The summed E-state index contributed by atoms with van der Waals surface area (Å²) in [5.41, 5.74) is 0.871. The van der Waals surface area contributed by atoms with Crippen molar-refractivity contribution in [2.75, 3.05) is 19.4 Å². The molecule has 0 spiro atoms. The molecule has 1 aromatic carbocycles. The number of hydrogen-bond acceptors (Lipinski definition) is 4. The summed E-state index contributed by atoms with van der Waals surface area (Å²) in [6.45, 7) is 0. The third-order valence-electron chi connectivity index (χ3n) is 2.42. The van der Waals surface area contributed by atoms with E-state index in [0.29, 0.717) is 9.90 Å². The van der Waals surface area contributed by atoms with Gasteiger partial charge in [0.1, 0.15) is 9.90 Å². The lowest BCUT2D eigenvalue weighted by molar-refractivity contribution is 0.521. The van der Waals surface area contributed by atoms with E-state index >= 15 is 0 Å². The smallest absolute Gasteiger partial charge is 0.245 e. The maximum absolute atomic E-state index is 12.1. The van der Waals surface area contributed by atoms with Gasteiger partial charge in [-0.2, -0.15) is 0 Å². The van der Waals surface area contributed by atoms with Crippen LogP contribution in [0.2, 0.25) is 0 Å². The molecule has 0 aliphatic carbocycles. The maximum atomic E-state index is 12.1. The van der Waals surface area contributed by atoms with Crippen LogP contribution in [0.5, 0.6) is 0 Å². The molecule has 0 unspecified atom stereocenters. The first kappa shape index (κ1) is 13.1. The molecule has 0 aliphatic rings. The summed E-state index contributed by atoms with van der Waals surface area (Å²) < 4.78 is 25.4. The highest BCUT2D eigenvalue weighted by Gasteiger charge is 2.22. The van der Waals surface area contributed by atoms with Gasteiger partial charge in [-0.1, -0.05) is 18.2 Å². The van der Waals surface area contributed by atoms with Gasteiger partial charge in [-0.25, -0.2) is 12.7 Å². The number of nitrogens with one attached hydrogen (secondary N) is 1. The molecule has 4 nitrogen and oxygen atoms in total. The van der Waals surface area contributed by atoms with Gasteiger partial charge in [0.25, 0.3) is 0 Å². The Bertz CT molecular complexity index is 619. The van der Waals surface area contributed by atoms with Crippen LogP contribution in [0.4, 0.5) is 10.7 Å². The second kappa shape index (κ2) is 5.09. The number of benzene rings is 1. The molecule has 0 saturated heterocycles. The standard InChI is InChI=1S/C12H14N2O2S2/c1-14(2)18(15,16)11-8-9-17-12(11)13-10-6-4-3-5-7-10/h3-9,13H,1-2H3. The van der Waals surface area contributed by atoms with Crippen molar-refractivity contribution in [1.29, 1.82) is 0 Å². The molecular formula is C12H14N2O2S2. The summed E-state index contributed by atoms with van der Waals surface area (Å²) in [4.78, 5) is 0.307. The Balaban J connectivity index is 2.35. The van der Waals surface area contributed by atoms with Crippen LogP contribution in [0.25, 0.3) is 0 Å². The Morgan fingerprint density at radius 2 is 1.78 bits per heavy atom. The van der Waals surface area contributed by atoms with E-state index in [9.17, 15) is 8.42 Å². The fourth-order valence-corrected chi connectivity index (χ4v) is 3.61. The number of hydrogen-bond donors (Lipinski definition) is 1. The Morgan fingerprint density at radius 1 is 1.11 bits per heavy atom. The second-order valence-electron chi connectivity index (χ2n) is 3.89. The van der Waals surface area contributed by atoms with Crippen LogP contribution >= 0.6 is 11.3 Å². The molecule has 1 N–H and O–H groups in total. The lowest BCUT2D eigenvalue weighted by Gasteiger charge is -2.12. The van der Waals surface area contributed by atoms with Crippen molar-refractivity contribution in [1.82, 2.24) is 4.31 Å². The minimum absolute atomic E-state index is 0.307. The molecule has 1 aromatic heterocycles. The average molecular weight is 282 g/mol. The van der Waals surface area contributed by atoms with Gasteiger partial charge in [-0.05, 0) is 23.6 Å². The first-order valence-electron chi connectivity index (χ1n) is 5.34. The summed E-state index contributed by atoms with van der Waals surface area (Å²) in [7, 11) is -0.349. The van der Waals surface area contributed by atoms with Gasteiger partial charge < -0.3 is 5.32 Å². The molecule has 6 heteroatoms. The van der Waals surface area contributed by atoms with Crippen molar-refractivity contribution < 1.29 is 8.42 Å². The van der Waals surface area contributed by atoms with Crippen LogP contribution in [0.15, 0.2) is 46.7 Å². The van der Waals surface area contributed by atoms with Crippen molar-refractivity contribution in [3.05, 3.63) is 41.8 Å². The molecule has 1 heterocycles. The van der Waals surface area contributed by atoms with Crippen LogP contribution in [0.1, 0.15) is 0 Å². The van der Waals surface area contributed by atoms with Crippen molar-refractivity contribution in [3.8, 4) is 0 Å². The quantitative estimate of drug-likeness (QED) is 0.938. The number of thiophene rings is 1. The van der Waals surface area contributed by atoms with Crippen LogP contribution in [0.3, 0.4) is 0 Å². The molecule has 0 saturated carbocycles. The minimum Gasteiger partial charge on any atom is -0.346 e. The highest BCUT2D eigenvalue weighted by molar-refractivity contribution is 7.89.